The predicted molar refractivity (Wildman–Crippen MR) is 79.0 cm³/mol. The number of phenols is 1. The molecular formula is C16H16N2O2. The normalized spacial score (nSPS) is 11.2. The van der Waals surface area contributed by atoms with E-state index in [2.05, 4.69) is 10.5 Å². The van der Waals surface area contributed by atoms with E-state index in [9.17, 15) is 9.90 Å². The van der Waals surface area contributed by atoms with E-state index in [1.54, 1.807) is 37.3 Å². The second-order valence-corrected chi connectivity index (χ2v) is 4.47. The topological polar surface area (TPSA) is 61.7 Å². The van der Waals surface area contributed by atoms with Crippen molar-refractivity contribution in [3.05, 3.63) is 65.2 Å². The molecule has 20 heavy (non-hydrogen) atoms. The Morgan fingerprint density at radius 2 is 1.65 bits per heavy atom. The van der Waals surface area contributed by atoms with Gasteiger partial charge in [-0.1, -0.05) is 30.3 Å². The molecule has 0 saturated heterocycles. The third-order valence-corrected chi connectivity index (χ3v) is 3.01. The van der Waals surface area contributed by atoms with E-state index in [1.165, 1.54) is 0 Å². The second-order valence-electron chi connectivity index (χ2n) is 4.47. The minimum atomic E-state index is -0.266. The molecule has 0 spiro atoms. The van der Waals surface area contributed by atoms with E-state index in [0.29, 0.717) is 16.8 Å². The van der Waals surface area contributed by atoms with Crippen molar-refractivity contribution in [3.8, 4) is 5.75 Å². The lowest BCUT2D eigenvalue weighted by Crippen LogP contribution is -2.20. The van der Waals surface area contributed by atoms with Crippen molar-refractivity contribution in [1.29, 1.82) is 0 Å². The van der Waals surface area contributed by atoms with E-state index >= 15 is 0 Å². The molecule has 0 radical (unpaired) electrons. The number of phenolic OH excluding ortho intramolecular Hbond substituents is 1. The molecule has 0 aromatic heterocycles. The molecule has 0 saturated carbocycles. The molecule has 0 atom stereocenters. The molecule has 0 bridgehead atoms. The van der Waals surface area contributed by atoms with E-state index in [1.807, 2.05) is 25.1 Å². The minimum Gasteiger partial charge on any atom is -0.507 e. The zero-order valence-corrected chi connectivity index (χ0v) is 11.4. The van der Waals surface area contributed by atoms with Crippen LogP contribution in [0.2, 0.25) is 0 Å². The van der Waals surface area contributed by atoms with Gasteiger partial charge < -0.3 is 5.11 Å². The summed E-state index contributed by atoms with van der Waals surface area (Å²) in [7, 11) is 0. The van der Waals surface area contributed by atoms with Crippen LogP contribution in [0.5, 0.6) is 5.75 Å². The van der Waals surface area contributed by atoms with Crippen molar-refractivity contribution in [2.75, 3.05) is 0 Å². The number of carbonyl (C=O) groups excluding carboxylic acids is 1. The number of para-hydroxylation sites is 1. The zero-order valence-electron chi connectivity index (χ0n) is 11.4. The van der Waals surface area contributed by atoms with E-state index in [4.69, 9.17) is 0 Å². The van der Waals surface area contributed by atoms with Gasteiger partial charge in [0.1, 0.15) is 5.75 Å². The first-order valence-corrected chi connectivity index (χ1v) is 6.28. The molecule has 4 nitrogen and oxygen atoms in total. The summed E-state index contributed by atoms with van der Waals surface area (Å²) in [6.45, 7) is 3.60. The lowest BCUT2D eigenvalue weighted by molar-refractivity contribution is 0.0954. The Bertz CT molecular complexity index is 663. The molecule has 0 heterocycles. The van der Waals surface area contributed by atoms with Gasteiger partial charge in [0.25, 0.3) is 5.91 Å². The van der Waals surface area contributed by atoms with Gasteiger partial charge in [-0.2, -0.15) is 5.10 Å². The number of aromatic hydroxyl groups is 1. The Labute approximate surface area is 117 Å². The summed E-state index contributed by atoms with van der Waals surface area (Å²) in [6.07, 6.45) is 0. The van der Waals surface area contributed by atoms with E-state index < -0.39 is 0 Å². The van der Waals surface area contributed by atoms with Crippen LogP contribution in [-0.2, 0) is 0 Å². The molecule has 2 aromatic rings. The van der Waals surface area contributed by atoms with Crippen LogP contribution < -0.4 is 5.43 Å². The average molecular weight is 268 g/mol. The van der Waals surface area contributed by atoms with Crippen LogP contribution in [0, 0.1) is 6.92 Å². The maximum Gasteiger partial charge on any atom is 0.271 e. The average Bonchev–Trinajstić information content (AvgIpc) is 2.45. The number of aryl methyl sites for hydroxylation is 1. The van der Waals surface area contributed by atoms with Crippen LogP contribution in [0.1, 0.15) is 28.4 Å². The molecule has 0 aliphatic carbocycles. The summed E-state index contributed by atoms with van der Waals surface area (Å²) in [5.74, 6) is -0.128. The van der Waals surface area contributed by atoms with Crippen molar-refractivity contribution >= 4 is 11.6 Å². The lowest BCUT2D eigenvalue weighted by Gasteiger charge is -2.06. The van der Waals surface area contributed by atoms with Gasteiger partial charge >= 0.3 is 0 Å². The fourth-order valence-electron chi connectivity index (χ4n) is 1.86. The van der Waals surface area contributed by atoms with Gasteiger partial charge in [-0.3, -0.25) is 4.79 Å². The highest BCUT2D eigenvalue weighted by Crippen LogP contribution is 2.16. The monoisotopic (exact) mass is 268 g/mol. The first-order valence-electron chi connectivity index (χ1n) is 6.28. The Morgan fingerprint density at radius 3 is 2.30 bits per heavy atom. The molecule has 2 aromatic carbocycles. The summed E-state index contributed by atoms with van der Waals surface area (Å²) < 4.78 is 0. The maximum atomic E-state index is 12.0. The summed E-state index contributed by atoms with van der Waals surface area (Å²) in [5, 5.41) is 13.7. The van der Waals surface area contributed by atoms with Crippen molar-refractivity contribution in [2.24, 2.45) is 5.10 Å². The highest BCUT2D eigenvalue weighted by atomic mass is 16.3. The lowest BCUT2D eigenvalue weighted by atomic mass is 10.1. The third kappa shape index (κ3) is 3.03. The Balaban J connectivity index is 2.16. The largest absolute Gasteiger partial charge is 0.507 e. The molecule has 0 aliphatic rings. The van der Waals surface area contributed by atoms with Crippen molar-refractivity contribution in [1.82, 2.24) is 5.43 Å². The van der Waals surface area contributed by atoms with Crippen LogP contribution >= 0.6 is 0 Å². The Hall–Kier alpha value is -2.62. The SMILES string of the molecule is CC(=NNC(=O)c1ccccc1C)c1ccccc1O. The standard InChI is InChI=1S/C16H16N2O2/c1-11-7-3-4-8-13(11)16(20)18-17-12(2)14-9-5-6-10-15(14)19/h3-10,19H,1-2H3,(H,18,20). The van der Waals surface area contributed by atoms with Gasteiger partial charge in [-0.05, 0) is 37.6 Å². The predicted octanol–water partition coefficient (Wildman–Crippen LogP) is 2.85. The van der Waals surface area contributed by atoms with Crippen LogP contribution in [0.25, 0.3) is 0 Å². The zero-order chi connectivity index (χ0) is 14.5. The summed E-state index contributed by atoms with van der Waals surface area (Å²) in [6, 6.07) is 14.2. The molecule has 0 aliphatic heterocycles. The number of amides is 1. The van der Waals surface area contributed by atoms with E-state index in [-0.39, 0.29) is 11.7 Å². The molecule has 102 valence electrons. The molecule has 4 heteroatoms. The quantitative estimate of drug-likeness (QED) is 0.664. The molecule has 2 rings (SSSR count). The van der Waals surface area contributed by atoms with E-state index in [0.717, 1.165) is 5.56 Å². The van der Waals surface area contributed by atoms with Gasteiger partial charge in [0.05, 0.1) is 5.71 Å². The summed E-state index contributed by atoms with van der Waals surface area (Å²) in [4.78, 5) is 12.0. The fourth-order valence-corrected chi connectivity index (χ4v) is 1.86. The van der Waals surface area contributed by atoms with Crippen molar-refractivity contribution in [3.63, 3.8) is 0 Å². The Morgan fingerprint density at radius 1 is 1.05 bits per heavy atom. The minimum absolute atomic E-state index is 0.138. The number of nitrogens with zero attached hydrogens (tertiary/aromatic N) is 1. The Kier molecular flexibility index (Phi) is 4.15. The first kappa shape index (κ1) is 13.8. The van der Waals surface area contributed by atoms with Crippen LogP contribution in [0.4, 0.5) is 0 Å². The molecule has 0 unspecified atom stereocenters. The molecule has 1 amide bonds. The van der Waals surface area contributed by atoms with Crippen molar-refractivity contribution < 1.29 is 9.90 Å². The number of rotatable bonds is 3. The van der Waals surface area contributed by atoms with Crippen LogP contribution in [0.15, 0.2) is 53.6 Å². The maximum absolute atomic E-state index is 12.0. The first-order chi connectivity index (χ1) is 9.59. The highest BCUT2D eigenvalue weighted by molar-refractivity contribution is 6.02. The number of hydrogen-bond donors (Lipinski definition) is 2. The van der Waals surface area contributed by atoms with Gasteiger partial charge in [-0.15, -0.1) is 0 Å². The third-order valence-electron chi connectivity index (χ3n) is 3.01. The molecule has 0 fully saturated rings. The van der Waals surface area contributed by atoms with Gasteiger partial charge in [0.2, 0.25) is 0 Å². The smallest absolute Gasteiger partial charge is 0.271 e. The van der Waals surface area contributed by atoms with Crippen LogP contribution in [0.3, 0.4) is 0 Å². The number of nitrogens with one attached hydrogen (secondary N) is 1. The summed E-state index contributed by atoms with van der Waals surface area (Å²) >= 11 is 0. The van der Waals surface area contributed by atoms with Crippen LogP contribution in [-0.4, -0.2) is 16.7 Å². The second kappa shape index (κ2) is 6.02. The fraction of sp³-hybridized carbons (Fsp3) is 0.125. The molecule has 2 N–H and O–H groups in total. The number of hydrazone groups is 1. The number of benzene rings is 2. The van der Waals surface area contributed by atoms with Gasteiger partial charge in [0, 0.05) is 11.1 Å². The number of carbonyl (C=O) groups is 1. The van der Waals surface area contributed by atoms with Gasteiger partial charge in [0.15, 0.2) is 0 Å². The molecular weight excluding hydrogens is 252 g/mol. The number of hydrogen-bond acceptors (Lipinski definition) is 3. The van der Waals surface area contributed by atoms with Crippen molar-refractivity contribution in [2.45, 2.75) is 13.8 Å². The highest BCUT2D eigenvalue weighted by Gasteiger charge is 2.08. The summed E-state index contributed by atoms with van der Waals surface area (Å²) in [5.41, 5.74) is 5.12. The van der Waals surface area contributed by atoms with Gasteiger partial charge in [-0.25, -0.2) is 5.43 Å².